The number of carboxylic acids is 1. The lowest BCUT2D eigenvalue weighted by atomic mass is 10.1. The molecule has 0 amide bonds. The predicted molar refractivity (Wildman–Crippen MR) is 308 cm³/mol. The predicted octanol–water partition coefficient (Wildman–Crippen LogP) is 16.7. The van der Waals surface area contributed by atoms with Crippen LogP contribution in [0.3, 0.4) is 0 Å². The van der Waals surface area contributed by atoms with E-state index in [1.165, 1.54) is 19.3 Å². The van der Waals surface area contributed by atoms with Gasteiger partial charge in [-0.15, -0.1) is 0 Å². The fraction of sp³-hybridized carbons (Fsp3) is 0.609. The summed E-state index contributed by atoms with van der Waals surface area (Å²) in [5.41, 5.74) is 0. The fourth-order valence-corrected chi connectivity index (χ4v) is 7.10. The summed E-state index contributed by atoms with van der Waals surface area (Å²) in [6, 6.07) is 0. The molecular formula is C64H104NO8+. The zero-order chi connectivity index (χ0) is 53.4. The molecule has 9 heteroatoms. The summed E-state index contributed by atoms with van der Waals surface area (Å²) in [5, 5.41) is 9.70. The van der Waals surface area contributed by atoms with E-state index in [9.17, 15) is 19.5 Å². The Bertz CT molecular complexity index is 1650. The number of carboxylic acid groups (broad SMARTS) is 1. The van der Waals surface area contributed by atoms with Crippen molar-refractivity contribution in [3.8, 4) is 0 Å². The number of rotatable bonds is 50. The molecule has 0 aliphatic rings. The molecule has 0 spiro atoms. The number of carbonyl (C=O) groups excluding carboxylic acids is 2. The van der Waals surface area contributed by atoms with E-state index in [2.05, 4.69) is 148 Å². The van der Waals surface area contributed by atoms with Crippen molar-refractivity contribution in [2.75, 3.05) is 47.5 Å². The van der Waals surface area contributed by atoms with Crippen molar-refractivity contribution in [2.24, 2.45) is 0 Å². The average Bonchev–Trinajstić information content (AvgIpc) is 3.36. The zero-order valence-corrected chi connectivity index (χ0v) is 46.7. The summed E-state index contributed by atoms with van der Waals surface area (Å²) in [6.45, 7) is 4.59. The van der Waals surface area contributed by atoms with Crippen LogP contribution < -0.4 is 0 Å². The Morgan fingerprint density at radius 1 is 0.411 bits per heavy atom. The van der Waals surface area contributed by atoms with Crippen LogP contribution in [0, 0.1) is 0 Å². The Morgan fingerprint density at radius 3 is 1.10 bits per heavy atom. The van der Waals surface area contributed by atoms with Crippen LogP contribution in [0.2, 0.25) is 0 Å². The minimum atomic E-state index is -1.53. The first kappa shape index (κ1) is 68.4. The molecule has 0 heterocycles. The maximum absolute atomic E-state index is 12.9. The molecule has 2 unspecified atom stereocenters. The molecule has 0 radical (unpaired) electrons. The third-order valence-corrected chi connectivity index (χ3v) is 11.4. The van der Waals surface area contributed by atoms with Crippen LogP contribution in [-0.4, -0.2) is 87.4 Å². The second-order valence-corrected chi connectivity index (χ2v) is 19.5. The third-order valence-electron chi connectivity index (χ3n) is 11.4. The molecule has 0 rings (SSSR count). The number of likely N-dealkylation sites (N-methyl/N-ethyl adjacent to an activating group) is 1. The summed E-state index contributed by atoms with van der Waals surface area (Å²) in [6.07, 6.45) is 73.7. The summed E-state index contributed by atoms with van der Waals surface area (Å²) in [4.78, 5) is 37.4. The number of allylic oxidation sites excluding steroid dienone is 22. The van der Waals surface area contributed by atoms with E-state index in [0.29, 0.717) is 17.4 Å². The van der Waals surface area contributed by atoms with Gasteiger partial charge in [0.25, 0.3) is 6.29 Å². The van der Waals surface area contributed by atoms with Crippen LogP contribution in [0.1, 0.15) is 194 Å². The topological polar surface area (TPSA) is 108 Å². The molecular weight excluding hydrogens is 911 g/mol. The lowest BCUT2D eigenvalue weighted by molar-refractivity contribution is -0.870. The van der Waals surface area contributed by atoms with E-state index < -0.39 is 24.3 Å². The van der Waals surface area contributed by atoms with Gasteiger partial charge in [-0.3, -0.25) is 9.59 Å². The van der Waals surface area contributed by atoms with Crippen LogP contribution >= 0.6 is 0 Å². The average molecular weight is 1020 g/mol. The molecule has 0 aromatic heterocycles. The van der Waals surface area contributed by atoms with Crippen molar-refractivity contribution in [1.82, 2.24) is 0 Å². The first-order chi connectivity index (χ1) is 35.6. The van der Waals surface area contributed by atoms with Gasteiger partial charge in [-0.1, -0.05) is 205 Å². The quantitative estimate of drug-likeness (QED) is 0.0211. The van der Waals surface area contributed by atoms with Crippen LogP contribution in [-0.2, 0) is 33.3 Å². The SMILES string of the molecule is CC/C=C\C/C=C\C/C=C\C/C=C\C/C=C\C/C=C\CCCCCCCCC(=O)OC(COC(=O)CCCCCCCCC/C=C\C/C=C\C/C=C\C/C=C\C/C=C\CC)COC(OCC[N+](C)(C)C)C(=O)O. The van der Waals surface area contributed by atoms with Gasteiger partial charge in [0.1, 0.15) is 13.2 Å². The fourth-order valence-electron chi connectivity index (χ4n) is 7.10. The second-order valence-electron chi connectivity index (χ2n) is 19.5. The molecule has 0 aliphatic heterocycles. The Balaban J connectivity index is 4.37. The first-order valence-electron chi connectivity index (χ1n) is 28.3. The van der Waals surface area contributed by atoms with Gasteiger partial charge < -0.3 is 28.5 Å². The second kappa shape index (κ2) is 53.7. The minimum absolute atomic E-state index is 0.174. The van der Waals surface area contributed by atoms with Gasteiger partial charge in [0.15, 0.2) is 6.10 Å². The van der Waals surface area contributed by atoms with Gasteiger partial charge in [-0.05, 0) is 109 Å². The summed E-state index contributed by atoms with van der Waals surface area (Å²) in [7, 11) is 5.94. The summed E-state index contributed by atoms with van der Waals surface area (Å²) < 4.78 is 22.8. The summed E-state index contributed by atoms with van der Waals surface area (Å²) in [5.74, 6) is -2.06. The monoisotopic (exact) mass is 1010 g/mol. The highest BCUT2D eigenvalue weighted by Gasteiger charge is 2.25. The zero-order valence-electron chi connectivity index (χ0n) is 46.7. The Hall–Kier alpha value is -4.57. The molecule has 1 N–H and O–H groups in total. The Kier molecular flexibility index (Phi) is 50.4. The lowest BCUT2D eigenvalue weighted by Crippen LogP contribution is -2.40. The summed E-state index contributed by atoms with van der Waals surface area (Å²) >= 11 is 0. The maximum atomic E-state index is 12.9. The number of aliphatic carboxylic acids is 1. The van der Waals surface area contributed by atoms with Crippen LogP contribution in [0.5, 0.6) is 0 Å². The van der Waals surface area contributed by atoms with Crippen LogP contribution in [0.4, 0.5) is 0 Å². The van der Waals surface area contributed by atoms with Gasteiger partial charge in [0, 0.05) is 12.8 Å². The lowest BCUT2D eigenvalue weighted by Gasteiger charge is -2.25. The van der Waals surface area contributed by atoms with Crippen molar-refractivity contribution in [3.05, 3.63) is 134 Å². The van der Waals surface area contributed by atoms with Crippen molar-refractivity contribution < 1.29 is 42.9 Å². The highest BCUT2D eigenvalue weighted by Crippen LogP contribution is 2.14. The van der Waals surface area contributed by atoms with E-state index in [-0.39, 0.29) is 38.6 Å². The van der Waals surface area contributed by atoms with E-state index in [1.54, 1.807) is 0 Å². The number of ether oxygens (including phenoxy) is 4. The molecule has 9 nitrogen and oxygen atoms in total. The molecule has 0 saturated carbocycles. The largest absolute Gasteiger partial charge is 0.477 e. The van der Waals surface area contributed by atoms with Crippen molar-refractivity contribution in [1.29, 1.82) is 0 Å². The number of carbonyl (C=O) groups is 3. The normalized spacial score (nSPS) is 13.8. The minimum Gasteiger partial charge on any atom is -0.477 e. The van der Waals surface area contributed by atoms with E-state index in [1.807, 2.05) is 21.1 Å². The molecule has 0 aromatic carbocycles. The number of hydrogen-bond donors (Lipinski definition) is 1. The van der Waals surface area contributed by atoms with E-state index in [4.69, 9.17) is 18.9 Å². The van der Waals surface area contributed by atoms with Crippen molar-refractivity contribution in [3.63, 3.8) is 0 Å². The Morgan fingerprint density at radius 2 is 0.740 bits per heavy atom. The number of unbranched alkanes of at least 4 members (excludes halogenated alkanes) is 13. The van der Waals surface area contributed by atoms with E-state index >= 15 is 0 Å². The first-order valence-corrected chi connectivity index (χ1v) is 28.3. The standard InChI is InChI=1S/C64H103NO8/c1-6-8-10-12-14-16-18-20-22-24-26-28-30-31-33-35-37-39-41-43-45-47-49-51-53-55-62(67)73-60(59-72-64(63(68)69)70-57-56-65(3,4)5)58-71-61(66)54-52-50-48-46-44-42-40-38-36-34-32-29-27-25-23-21-19-17-15-13-11-9-7-2/h8-11,14-17,20-23,26-29,31,33-34,36-37,39,60,64H,6-7,12-13,18-19,24-25,30,32,35,38,40-59H2,1-5H3/p+1/b10-8-,11-9-,16-14-,17-15-,22-20-,23-21-,28-26-,29-27-,33-31-,36-34-,39-37-. The van der Waals surface area contributed by atoms with Crippen molar-refractivity contribution in [2.45, 2.75) is 206 Å². The number of esters is 2. The van der Waals surface area contributed by atoms with Gasteiger partial charge in [-0.25, -0.2) is 4.79 Å². The molecule has 0 fully saturated rings. The van der Waals surface area contributed by atoms with E-state index in [0.717, 1.165) is 141 Å². The van der Waals surface area contributed by atoms with Crippen LogP contribution in [0.15, 0.2) is 134 Å². The number of hydrogen-bond acceptors (Lipinski definition) is 7. The molecule has 73 heavy (non-hydrogen) atoms. The third kappa shape index (κ3) is 55.0. The highest BCUT2D eigenvalue weighted by atomic mass is 16.7. The van der Waals surface area contributed by atoms with Gasteiger partial charge in [0.2, 0.25) is 0 Å². The maximum Gasteiger partial charge on any atom is 0.361 e. The number of quaternary nitrogens is 1. The van der Waals surface area contributed by atoms with Gasteiger partial charge in [0.05, 0.1) is 34.4 Å². The molecule has 0 saturated heterocycles. The molecule has 2 atom stereocenters. The number of nitrogens with zero attached hydrogens (tertiary/aromatic N) is 1. The van der Waals surface area contributed by atoms with Crippen LogP contribution in [0.25, 0.3) is 0 Å². The Labute approximate surface area is 446 Å². The van der Waals surface area contributed by atoms with Gasteiger partial charge in [-0.2, -0.15) is 0 Å². The molecule has 0 bridgehead atoms. The van der Waals surface area contributed by atoms with Gasteiger partial charge >= 0.3 is 17.9 Å². The molecule has 0 aromatic rings. The van der Waals surface area contributed by atoms with Crippen molar-refractivity contribution >= 4 is 17.9 Å². The molecule has 0 aliphatic carbocycles. The highest BCUT2D eigenvalue weighted by molar-refractivity contribution is 5.71. The molecule has 412 valence electrons. The smallest absolute Gasteiger partial charge is 0.361 e.